The minimum Gasteiger partial charge on any atom is -0.481 e. The van der Waals surface area contributed by atoms with Gasteiger partial charge in [-0.1, -0.05) is 59.6 Å². The van der Waals surface area contributed by atoms with Crippen LogP contribution in [-0.2, 0) is 23.1 Å². The van der Waals surface area contributed by atoms with E-state index >= 15 is 0 Å². The number of carbonyl (C=O) groups excluding carboxylic acids is 2. The number of amides is 2. The van der Waals surface area contributed by atoms with Gasteiger partial charge in [0, 0.05) is 61.7 Å². The first-order valence-corrected chi connectivity index (χ1v) is 16.3. The Bertz CT molecular complexity index is 2010. The molecule has 0 saturated carbocycles. The Kier molecular flexibility index (Phi) is 10.8. The van der Waals surface area contributed by atoms with Gasteiger partial charge in [0.2, 0.25) is 5.88 Å². The van der Waals surface area contributed by atoms with E-state index in [4.69, 9.17) is 37.7 Å². The van der Waals surface area contributed by atoms with Crippen molar-refractivity contribution in [2.75, 3.05) is 32.1 Å². The zero-order valence-electron chi connectivity index (χ0n) is 28.1. The van der Waals surface area contributed by atoms with Crippen molar-refractivity contribution in [3.63, 3.8) is 0 Å². The Morgan fingerprint density at radius 1 is 0.980 bits per heavy atom. The molecule has 1 aliphatic heterocycles. The van der Waals surface area contributed by atoms with Gasteiger partial charge in [-0.2, -0.15) is 5.10 Å². The summed E-state index contributed by atoms with van der Waals surface area (Å²) in [6, 6.07) is 14.4. The predicted molar refractivity (Wildman–Crippen MR) is 189 cm³/mol. The highest BCUT2D eigenvalue weighted by Crippen LogP contribution is 2.41. The Morgan fingerprint density at radius 2 is 1.66 bits per heavy atom. The zero-order chi connectivity index (χ0) is 36.3. The maximum atomic E-state index is 12.9. The van der Waals surface area contributed by atoms with E-state index in [9.17, 15) is 24.3 Å². The van der Waals surface area contributed by atoms with Crippen LogP contribution in [0, 0.1) is 0 Å². The number of nitrogens with zero attached hydrogens (tertiary/aromatic N) is 5. The Morgan fingerprint density at radius 3 is 2.34 bits per heavy atom. The Hall–Kier alpha value is -4.98. The highest BCUT2D eigenvalue weighted by atomic mass is 35.5. The van der Waals surface area contributed by atoms with E-state index in [-0.39, 0.29) is 29.4 Å². The summed E-state index contributed by atoms with van der Waals surface area (Å²) in [5.74, 6) is -1.43. The third kappa shape index (κ3) is 7.91. The molecule has 2 amide bonds. The smallest absolute Gasteiger partial charge is 0.411 e. The molecule has 1 saturated heterocycles. The standard InChI is InChI=1S/C35H36Cl2N6O7/c1-35(2,3)50-34(48)43-17-16-42(19-27(43)33(46)47)18-20-12-13-25(40-31(20)49-5)23-10-6-8-21(28(23)36)22-9-7-11-26(29(22)37)39-30(44)24-14-15-38-41(4)32(24)45/h6-15,27H,16-19H2,1-5H3,(H,39,44)(H,46,47)/t27-/m0/s1. The number of aryl methyl sites for hydroxylation is 1. The number of benzene rings is 2. The molecule has 15 heteroatoms. The molecule has 1 aliphatic rings. The molecule has 262 valence electrons. The van der Waals surface area contributed by atoms with Crippen LogP contribution in [0.3, 0.4) is 0 Å². The molecule has 13 nitrogen and oxygen atoms in total. The molecule has 3 heterocycles. The number of aromatic nitrogens is 3. The number of halogens is 2. The second-order valence-electron chi connectivity index (χ2n) is 12.6. The van der Waals surface area contributed by atoms with Crippen LogP contribution in [-0.4, -0.2) is 86.0 Å². The number of hydrogen-bond donors (Lipinski definition) is 2. The van der Waals surface area contributed by atoms with Crippen molar-refractivity contribution < 1.29 is 29.0 Å². The van der Waals surface area contributed by atoms with E-state index < -0.39 is 35.2 Å². The quantitative estimate of drug-likeness (QED) is 0.235. The number of pyridine rings is 1. The number of hydrogen-bond acceptors (Lipinski definition) is 9. The van der Waals surface area contributed by atoms with Crippen molar-refractivity contribution in [1.29, 1.82) is 0 Å². The van der Waals surface area contributed by atoms with Crippen molar-refractivity contribution >= 4 is 46.9 Å². The van der Waals surface area contributed by atoms with E-state index in [1.807, 2.05) is 11.0 Å². The summed E-state index contributed by atoms with van der Waals surface area (Å²) in [5, 5.41) is 17.0. The molecule has 4 aromatic rings. The lowest BCUT2D eigenvalue weighted by Gasteiger charge is -2.39. The molecule has 0 radical (unpaired) electrons. The van der Waals surface area contributed by atoms with Gasteiger partial charge in [-0.3, -0.25) is 19.4 Å². The lowest BCUT2D eigenvalue weighted by atomic mass is 10.00. The number of rotatable bonds is 8. The monoisotopic (exact) mass is 722 g/mol. The van der Waals surface area contributed by atoms with Crippen LogP contribution in [0.4, 0.5) is 10.5 Å². The third-order valence-electron chi connectivity index (χ3n) is 7.97. The first-order valence-electron chi connectivity index (χ1n) is 15.6. The van der Waals surface area contributed by atoms with Crippen LogP contribution in [0.15, 0.2) is 65.6 Å². The fourth-order valence-corrected chi connectivity index (χ4v) is 6.13. The highest BCUT2D eigenvalue weighted by molar-refractivity contribution is 6.39. The van der Waals surface area contributed by atoms with Gasteiger partial charge in [0.25, 0.3) is 11.5 Å². The summed E-state index contributed by atoms with van der Waals surface area (Å²) in [7, 11) is 2.95. The lowest BCUT2D eigenvalue weighted by molar-refractivity contribution is -0.145. The Labute approximate surface area is 298 Å². The van der Waals surface area contributed by atoms with Gasteiger partial charge >= 0.3 is 12.1 Å². The molecular formula is C35H36Cl2N6O7. The van der Waals surface area contributed by atoms with Crippen molar-refractivity contribution in [3.05, 3.63) is 92.3 Å². The topological polar surface area (TPSA) is 156 Å². The first kappa shape index (κ1) is 36.3. The summed E-state index contributed by atoms with van der Waals surface area (Å²) < 4.78 is 12.1. The van der Waals surface area contributed by atoms with Crippen molar-refractivity contribution in [2.45, 2.75) is 39.0 Å². The summed E-state index contributed by atoms with van der Waals surface area (Å²) in [5.41, 5.74) is 1.85. The molecule has 5 rings (SSSR count). The number of carbonyl (C=O) groups is 3. The van der Waals surface area contributed by atoms with Crippen molar-refractivity contribution in [1.82, 2.24) is 24.6 Å². The molecule has 0 aliphatic carbocycles. The highest BCUT2D eigenvalue weighted by Gasteiger charge is 2.38. The number of methoxy groups -OCH3 is 1. The fourth-order valence-electron chi connectivity index (χ4n) is 5.53. The largest absolute Gasteiger partial charge is 0.481 e. The van der Waals surface area contributed by atoms with Crippen LogP contribution < -0.4 is 15.6 Å². The number of anilines is 1. The van der Waals surface area contributed by atoms with Gasteiger partial charge in [0.15, 0.2) is 0 Å². The second-order valence-corrected chi connectivity index (χ2v) is 13.3. The predicted octanol–water partition coefficient (Wildman–Crippen LogP) is 5.58. The molecule has 2 N–H and O–H groups in total. The van der Waals surface area contributed by atoms with Crippen LogP contribution in [0.25, 0.3) is 22.4 Å². The normalized spacial score (nSPS) is 15.0. The number of nitrogens with one attached hydrogen (secondary N) is 1. The maximum absolute atomic E-state index is 12.9. The SMILES string of the molecule is COc1nc(-c2cccc(-c3cccc(NC(=O)c4ccnn(C)c4=O)c3Cl)c2Cl)ccc1CN1CCN(C(=O)OC(C)(C)C)[C@H](C(=O)O)C1. The summed E-state index contributed by atoms with van der Waals surface area (Å²) >= 11 is 13.8. The van der Waals surface area contributed by atoms with Gasteiger partial charge in [-0.25, -0.2) is 19.3 Å². The number of carboxylic acids is 1. The second kappa shape index (κ2) is 14.9. The molecular weight excluding hydrogens is 687 g/mol. The van der Waals surface area contributed by atoms with Crippen LogP contribution in [0.5, 0.6) is 5.88 Å². The average molecular weight is 724 g/mol. The summed E-state index contributed by atoms with van der Waals surface area (Å²) in [4.78, 5) is 58.1. The van der Waals surface area contributed by atoms with Gasteiger partial charge in [0.1, 0.15) is 17.2 Å². The molecule has 2 aromatic carbocycles. The molecule has 1 fully saturated rings. The molecule has 2 aromatic heterocycles. The summed E-state index contributed by atoms with van der Waals surface area (Å²) in [6.45, 7) is 6.21. The van der Waals surface area contributed by atoms with E-state index in [2.05, 4.69) is 10.4 Å². The van der Waals surface area contributed by atoms with Gasteiger partial charge in [-0.05, 0) is 39.0 Å². The van der Waals surface area contributed by atoms with Gasteiger partial charge in [-0.15, -0.1) is 0 Å². The molecule has 0 bridgehead atoms. The number of piperazine rings is 1. The first-order chi connectivity index (χ1) is 23.7. The minimum atomic E-state index is -1.12. The summed E-state index contributed by atoms with van der Waals surface area (Å²) in [6.07, 6.45) is 0.695. The number of aliphatic carboxylic acids is 1. The van der Waals surface area contributed by atoms with Crippen molar-refractivity contribution in [2.24, 2.45) is 7.05 Å². The van der Waals surface area contributed by atoms with E-state index in [0.29, 0.717) is 51.9 Å². The maximum Gasteiger partial charge on any atom is 0.411 e. The molecule has 0 unspecified atom stereocenters. The molecule has 0 spiro atoms. The zero-order valence-corrected chi connectivity index (χ0v) is 29.6. The van der Waals surface area contributed by atoms with Crippen LogP contribution in [0.1, 0.15) is 36.7 Å². The van der Waals surface area contributed by atoms with E-state index in [1.165, 1.54) is 31.3 Å². The van der Waals surface area contributed by atoms with Crippen molar-refractivity contribution in [3.8, 4) is 28.3 Å². The van der Waals surface area contributed by atoms with Gasteiger partial charge < -0.3 is 19.9 Å². The molecule has 1 atom stereocenters. The van der Waals surface area contributed by atoms with Crippen LogP contribution in [0.2, 0.25) is 10.0 Å². The van der Waals surface area contributed by atoms with Crippen LogP contribution >= 0.6 is 23.2 Å². The average Bonchev–Trinajstić information content (AvgIpc) is 3.06. The third-order valence-corrected chi connectivity index (χ3v) is 8.78. The minimum absolute atomic E-state index is 0.0859. The Balaban J connectivity index is 1.37. The van der Waals surface area contributed by atoms with E-state index in [0.717, 1.165) is 4.68 Å². The number of carboxylic acid groups (broad SMARTS) is 1. The molecule has 50 heavy (non-hydrogen) atoms. The number of ether oxygens (including phenoxy) is 2. The fraction of sp³-hybridized carbons (Fsp3) is 0.314. The van der Waals surface area contributed by atoms with E-state index in [1.54, 1.807) is 63.2 Å². The lowest BCUT2D eigenvalue weighted by Crippen LogP contribution is -2.58. The van der Waals surface area contributed by atoms with Gasteiger partial charge in [0.05, 0.1) is 28.5 Å².